The topological polar surface area (TPSA) is 72.5 Å². The van der Waals surface area contributed by atoms with Crippen LogP contribution in [0.1, 0.15) is 27.0 Å². The lowest BCUT2D eigenvalue weighted by molar-refractivity contribution is 0.102. The molecule has 1 heterocycles. The monoisotopic (exact) mass is 391 g/mol. The SMILES string of the molecule is COc1cccc(OC)c1C(=O)Nc1ccc(Nc2c(C)cc(C)cc2C)nc1. The number of nitrogens with one attached hydrogen (secondary N) is 2. The molecule has 0 radical (unpaired) electrons. The molecular weight excluding hydrogens is 366 g/mol. The Morgan fingerprint density at radius 2 is 1.55 bits per heavy atom. The number of pyridine rings is 1. The molecule has 1 amide bonds. The number of benzene rings is 2. The molecule has 2 aromatic carbocycles. The van der Waals surface area contributed by atoms with E-state index in [0.29, 0.717) is 28.6 Å². The van der Waals surface area contributed by atoms with Gasteiger partial charge in [-0.05, 0) is 56.2 Å². The summed E-state index contributed by atoms with van der Waals surface area (Å²) in [6.07, 6.45) is 1.61. The molecule has 0 saturated heterocycles. The van der Waals surface area contributed by atoms with Crippen molar-refractivity contribution in [2.45, 2.75) is 20.8 Å². The third kappa shape index (κ3) is 4.48. The first-order chi connectivity index (χ1) is 13.9. The van der Waals surface area contributed by atoms with Gasteiger partial charge in [0.15, 0.2) is 0 Å². The summed E-state index contributed by atoms with van der Waals surface area (Å²) in [5.74, 6) is 1.26. The number of methoxy groups -OCH3 is 2. The van der Waals surface area contributed by atoms with E-state index in [4.69, 9.17) is 9.47 Å². The molecule has 150 valence electrons. The van der Waals surface area contributed by atoms with E-state index in [2.05, 4.69) is 48.5 Å². The highest BCUT2D eigenvalue weighted by molar-refractivity contribution is 6.08. The quantitative estimate of drug-likeness (QED) is 0.617. The fourth-order valence-electron chi connectivity index (χ4n) is 3.32. The molecular formula is C23H25N3O3. The predicted octanol–water partition coefficient (Wildman–Crippen LogP) is 5.02. The zero-order chi connectivity index (χ0) is 21.0. The lowest BCUT2D eigenvalue weighted by Gasteiger charge is -2.14. The molecule has 1 aromatic heterocycles. The molecule has 0 aliphatic carbocycles. The molecule has 3 rings (SSSR count). The predicted molar refractivity (Wildman–Crippen MR) is 116 cm³/mol. The molecule has 0 fully saturated rings. The molecule has 6 nitrogen and oxygen atoms in total. The Morgan fingerprint density at radius 1 is 0.931 bits per heavy atom. The summed E-state index contributed by atoms with van der Waals surface area (Å²) < 4.78 is 10.6. The lowest BCUT2D eigenvalue weighted by atomic mass is 10.1. The van der Waals surface area contributed by atoms with Crippen LogP contribution in [-0.2, 0) is 0 Å². The maximum atomic E-state index is 12.8. The van der Waals surface area contributed by atoms with Crippen molar-refractivity contribution in [3.05, 3.63) is 70.9 Å². The summed E-state index contributed by atoms with van der Waals surface area (Å²) in [7, 11) is 3.03. The molecule has 0 aliphatic heterocycles. The van der Waals surface area contributed by atoms with Gasteiger partial charge in [-0.1, -0.05) is 23.8 Å². The Kier molecular flexibility index (Phi) is 6.02. The molecule has 3 aromatic rings. The van der Waals surface area contributed by atoms with Crippen molar-refractivity contribution in [1.29, 1.82) is 0 Å². The second-order valence-corrected chi connectivity index (χ2v) is 6.82. The number of ether oxygens (including phenoxy) is 2. The van der Waals surface area contributed by atoms with Crippen LogP contribution in [0.2, 0.25) is 0 Å². The summed E-state index contributed by atoms with van der Waals surface area (Å²) >= 11 is 0. The Balaban J connectivity index is 1.78. The highest BCUT2D eigenvalue weighted by atomic mass is 16.5. The first-order valence-electron chi connectivity index (χ1n) is 9.26. The van der Waals surface area contributed by atoms with E-state index < -0.39 is 0 Å². The zero-order valence-electron chi connectivity index (χ0n) is 17.3. The van der Waals surface area contributed by atoms with E-state index in [9.17, 15) is 4.79 Å². The van der Waals surface area contributed by atoms with Gasteiger partial charge in [-0.15, -0.1) is 0 Å². The van der Waals surface area contributed by atoms with Gasteiger partial charge in [0, 0.05) is 5.69 Å². The third-order valence-corrected chi connectivity index (χ3v) is 4.61. The highest BCUT2D eigenvalue weighted by Crippen LogP contribution is 2.29. The van der Waals surface area contributed by atoms with E-state index in [1.165, 1.54) is 19.8 Å². The van der Waals surface area contributed by atoms with Gasteiger partial charge in [-0.2, -0.15) is 0 Å². The number of aromatic nitrogens is 1. The van der Waals surface area contributed by atoms with Crippen LogP contribution in [-0.4, -0.2) is 25.1 Å². The molecule has 6 heteroatoms. The van der Waals surface area contributed by atoms with Crippen LogP contribution >= 0.6 is 0 Å². The fraction of sp³-hybridized carbons (Fsp3) is 0.217. The second kappa shape index (κ2) is 8.65. The minimum Gasteiger partial charge on any atom is -0.496 e. The molecule has 0 aliphatic rings. The maximum Gasteiger partial charge on any atom is 0.263 e. The number of carbonyl (C=O) groups excluding carboxylic acids is 1. The Labute approximate surface area is 170 Å². The summed E-state index contributed by atoms with van der Waals surface area (Å²) in [6, 6.07) is 13.1. The first-order valence-corrected chi connectivity index (χ1v) is 9.26. The van der Waals surface area contributed by atoms with Crippen molar-refractivity contribution in [2.24, 2.45) is 0 Å². The van der Waals surface area contributed by atoms with Gasteiger partial charge in [-0.25, -0.2) is 4.98 Å². The van der Waals surface area contributed by atoms with Crippen LogP contribution in [0.15, 0.2) is 48.7 Å². The first kappa shape index (κ1) is 20.2. The van der Waals surface area contributed by atoms with Crippen molar-refractivity contribution >= 4 is 23.1 Å². The van der Waals surface area contributed by atoms with Crippen molar-refractivity contribution in [3.8, 4) is 11.5 Å². The number of anilines is 3. The van der Waals surface area contributed by atoms with Crippen LogP contribution in [0.25, 0.3) is 0 Å². The number of nitrogens with zero attached hydrogens (tertiary/aromatic N) is 1. The van der Waals surface area contributed by atoms with Crippen molar-refractivity contribution in [1.82, 2.24) is 4.98 Å². The Morgan fingerprint density at radius 3 is 2.07 bits per heavy atom. The van der Waals surface area contributed by atoms with Gasteiger partial charge >= 0.3 is 0 Å². The van der Waals surface area contributed by atoms with Crippen LogP contribution in [0.4, 0.5) is 17.2 Å². The maximum absolute atomic E-state index is 12.8. The van der Waals surface area contributed by atoms with Crippen molar-refractivity contribution < 1.29 is 14.3 Å². The minimum atomic E-state index is -0.327. The van der Waals surface area contributed by atoms with E-state index >= 15 is 0 Å². The largest absolute Gasteiger partial charge is 0.496 e. The average Bonchev–Trinajstić information content (AvgIpc) is 2.71. The van der Waals surface area contributed by atoms with E-state index in [1.807, 2.05) is 6.07 Å². The molecule has 0 atom stereocenters. The van der Waals surface area contributed by atoms with E-state index in [1.54, 1.807) is 30.5 Å². The molecule has 2 N–H and O–H groups in total. The van der Waals surface area contributed by atoms with Gasteiger partial charge < -0.3 is 20.1 Å². The summed E-state index contributed by atoms with van der Waals surface area (Å²) in [6.45, 7) is 6.21. The number of amides is 1. The number of hydrogen-bond acceptors (Lipinski definition) is 5. The Hall–Kier alpha value is -3.54. The lowest BCUT2D eigenvalue weighted by Crippen LogP contribution is -2.14. The molecule has 0 unspecified atom stereocenters. The molecule has 0 spiro atoms. The zero-order valence-corrected chi connectivity index (χ0v) is 17.3. The smallest absolute Gasteiger partial charge is 0.263 e. The van der Waals surface area contributed by atoms with Crippen LogP contribution in [0.5, 0.6) is 11.5 Å². The van der Waals surface area contributed by atoms with E-state index in [-0.39, 0.29) is 5.91 Å². The molecule has 0 bridgehead atoms. The summed E-state index contributed by atoms with van der Waals surface area (Å²) in [5, 5.41) is 6.19. The van der Waals surface area contributed by atoms with Gasteiger partial charge in [0.05, 0.1) is 26.1 Å². The number of hydrogen-bond donors (Lipinski definition) is 2. The normalized spacial score (nSPS) is 10.4. The highest BCUT2D eigenvalue weighted by Gasteiger charge is 2.18. The number of rotatable bonds is 6. The van der Waals surface area contributed by atoms with Gasteiger partial charge in [0.2, 0.25) is 0 Å². The fourth-order valence-corrected chi connectivity index (χ4v) is 3.32. The summed E-state index contributed by atoms with van der Waals surface area (Å²) in [4.78, 5) is 17.2. The van der Waals surface area contributed by atoms with E-state index in [0.717, 1.165) is 16.8 Å². The average molecular weight is 391 g/mol. The second-order valence-electron chi connectivity index (χ2n) is 6.82. The van der Waals surface area contributed by atoms with Gasteiger partial charge in [0.25, 0.3) is 5.91 Å². The van der Waals surface area contributed by atoms with Gasteiger partial charge in [-0.3, -0.25) is 4.79 Å². The summed E-state index contributed by atoms with van der Waals surface area (Å²) in [5.41, 5.74) is 5.49. The standard InChI is InChI=1S/C23H25N3O3/c1-14-11-15(2)22(16(3)12-14)26-20-10-9-17(13-24-20)25-23(27)21-18(28-4)7-6-8-19(21)29-5/h6-13H,1-5H3,(H,24,26)(H,25,27). The number of carbonyl (C=O) groups is 1. The van der Waals surface area contributed by atoms with Crippen LogP contribution in [0, 0.1) is 20.8 Å². The molecule has 0 saturated carbocycles. The van der Waals surface area contributed by atoms with Crippen molar-refractivity contribution in [3.63, 3.8) is 0 Å². The van der Waals surface area contributed by atoms with Crippen molar-refractivity contribution in [2.75, 3.05) is 24.9 Å². The molecule has 29 heavy (non-hydrogen) atoms. The Bertz CT molecular complexity index is 985. The minimum absolute atomic E-state index is 0.327. The van der Waals surface area contributed by atoms with Crippen LogP contribution < -0.4 is 20.1 Å². The number of aryl methyl sites for hydroxylation is 3. The van der Waals surface area contributed by atoms with Gasteiger partial charge in [0.1, 0.15) is 22.9 Å². The third-order valence-electron chi connectivity index (χ3n) is 4.61. The van der Waals surface area contributed by atoms with Crippen LogP contribution in [0.3, 0.4) is 0 Å².